The van der Waals surface area contributed by atoms with Crippen LogP contribution in [0.25, 0.3) is 17.3 Å². The number of carbonyl (C=O) groups excluding carboxylic acids is 1. The number of fused-ring (bicyclic) bond motifs is 1. The molecular weight excluding hydrogens is 494 g/mol. The Kier molecular flexibility index (Phi) is 6.23. The van der Waals surface area contributed by atoms with Crippen LogP contribution in [0.4, 0.5) is 5.69 Å². The predicted octanol–water partition coefficient (Wildman–Crippen LogP) is 3.31. The summed E-state index contributed by atoms with van der Waals surface area (Å²) >= 11 is 6.89. The molecule has 4 rings (SSSR count). The van der Waals surface area contributed by atoms with Crippen molar-refractivity contribution in [3.05, 3.63) is 76.6 Å². The molecule has 0 atom stereocenters. The van der Waals surface area contributed by atoms with Gasteiger partial charge in [0.25, 0.3) is 11.2 Å². The summed E-state index contributed by atoms with van der Waals surface area (Å²) < 4.78 is 12.0. The zero-order valence-corrected chi connectivity index (χ0v) is 20.4. The number of thiazole rings is 1. The van der Waals surface area contributed by atoms with Crippen LogP contribution in [-0.4, -0.2) is 22.1 Å². The molecule has 0 aliphatic carbocycles. The van der Waals surface area contributed by atoms with E-state index in [0.29, 0.717) is 16.5 Å². The molecule has 0 bridgehead atoms. The van der Waals surface area contributed by atoms with Crippen LogP contribution in [0.1, 0.15) is 26.3 Å². The zero-order valence-electron chi connectivity index (χ0n) is 18.8. The number of ether oxygens (including phenoxy) is 2. The number of carbonyl (C=O) groups is 1. The molecule has 11 heteroatoms. The first kappa shape index (κ1) is 24.2. The Bertz CT molecular complexity index is 1590. The molecule has 0 saturated heterocycles. The van der Waals surface area contributed by atoms with Gasteiger partial charge in [-0.05, 0) is 36.4 Å². The Labute approximate surface area is 207 Å². The van der Waals surface area contributed by atoms with Crippen molar-refractivity contribution in [2.45, 2.75) is 20.8 Å². The highest BCUT2D eigenvalue weighted by Gasteiger charge is 2.28. The van der Waals surface area contributed by atoms with Gasteiger partial charge in [-0.15, -0.1) is 11.3 Å². The highest BCUT2D eigenvalue weighted by molar-refractivity contribution is 7.07. The topological polar surface area (TPSA) is 124 Å². The number of benzene rings is 2. The largest absolute Gasteiger partial charge is 0.454 e. The summed E-state index contributed by atoms with van der Waals surface area (Å²) in [5, 5.41) is 22.0. The first-order valence-electron chi connectivity index (χ1n) is 10.3. The van der Waals surface area contributed by atoms with Crippen molar-refractivity contribution in [3.8, 4) is 23.3 Å². The zero-order chi connectivity index (χ0) is 25.5. The molecule has 2 aromatic carbocycles. The highest BCUT2D eigenvalue weighted by Crippen LogP contribution is 2.38. The van der Waals surface area contributed by atoms with Crippen LogP contribution in [0, 0.1) is 26.9 Å². The van der Waals surface area contributed by atoms with Crippen molar-refractivity contribution >= 4 is 46.1 Å². The minimum absolute atomic E-state index is 0.0716. The first-order chi connectivity index (χ1) is 16.5. The van der Waals surface area contributed by atoms with Gasteiger partial charge < -0.3 is 9.47 Å². The van der Waals surface area contributed by atoms with Gasteiger partial charge in [0, 0.05) is 10.4 Å². The van der Waals surface area contributed by atoms with Crippen molar-refractivity contribution in [3.63, 3.8) is 0 Å². The third-order valence-electron chi connectivity index (χ3n) is 5.15. The number of nitriles is 1. The van der Waals surface area contributed by atoms with Gasteiger partial charge in [0.15, 0.2) is 17.3 Å². The molecule has 0 radical (unpaired) electrons. The number of nitro groups is 1. The Balaban J connectivity index is 2.09. The lowest BCUT2D eigenvalue weighted by molar-refractivity contribution is -0.385. The molecule has 1 aliphatic heterocycles. The number of hydrogen-bond donors (Lipinski definition) is 0. The Hall–Kier alpha value is -3.94. The van der Waals surface area contributed by atoms with Crippen LogP contribution in [0.15, 0.2) is 41.2 Å². The number of Topliss-reactive ketones (excluding diaryl/α,β-unsaturated/α-hetero) is 1. The molecule has 178 valence electrons. The number of nitro benzene ring substituents is 1. The summed E-state index contributed by atoms with van der Waals surface area (Å²) in [5.74, 6) is 0.101. The van der Waals surface area contributed by atoms with E-state index in [9.17, 15) is 25.0 Å². The Morgan fingerprint density at radius 2 is 1.86 bits per heavy atom. The fraction of sp³-hybridized carbons (Fsp3) is 0.208. The summed E-state index contributed by atoms with van der Waals surface area (Å²) in [7, 11) is 0. The molecule has 2 heterocycles. The van der Waals surface area contributed by atoms with Gasteiger partial charge in [-0.3, -0.25) is 24.3 Å². The molecule has 0 fully saturated rings. The molecule has 0 saturated carbocycles. The van der Waals surface area contributed by atoms with E-state index in [4.69, 9.17) is 21.1 Å². The monoisotopic (exact) mass is 511 g/mol. The lowest BCUT2D eigenvalue weighted by Gasteiger charge is -2.15. The van der Waals surface area contributed by atoms with Crippen LogP contribution < -0.4 is 24.2 Å². The fourth-order valence-corrected chi connectivity index (χ4v) is 4.63. The van der Waals surface area contributed by atoms with Crippen LogP contribution in [0.5, 0.6) is 11.5 Å². The van der Waals surface area contributed by atoms with Crippen LogP contribution in [0.3, 0.4) is 0 Å². The average Bonchev–Trinajstić information content (AvgIpc) is 3.38. The third kappa shape index (κ3) is 4.56. The van der Waals surface area contributed by atoms with E-state index in [-0.39, 0.29) is 38.6 Å². The van der Waals surface area contributed by atoms with E-state index in [1.807, 2.05) is 6.07 Å². The SMILES string of the molecule is CC(C)(C)C(=O)/C(C#N)=c1/s/c(=C\c2cc3c(cc2[N+](=O)[O-])OCO3)c(=O)n1-c1ccc(Cl)cc1. The average molecular weight is 512 g/mol. The minimum Gasteiger partial charge on any atom is -0.454 e. The standard InChI is InChI=1S/C24H18ClN3O6S/c1-24(2,3)21(29)16(11-26)23-27(15-6-4-14(25)5-7-15)22(30)20(35-23)9-13-8-18-19(34-12-33-18)10-17(13)28(31)32/h4-10H,12H2,1-3H3/b20-9-,23-16+. The van der Waals surface area contributed by atoms with Crippen molar-refractivity contribution in [1.29, 1.82) is 5.26 Å². The number of hydrogen-bond acceptors (Lipinski definition) is 8. The van der Waals surface area contributed by atoms with Gasteiger partial charge in [-0.2, -0.15) is 5.26 Å². The van der Waals surface area contributed by atoms with Gasteiger partial charge in [0.05, 0.1) is 26.8 Å². The van der Waals surface area contributed by atoms with Crippen molar-refractivity contribution in [2.75, 3.05) is 6.79 Å². The summed E-state index contributed by atoms with van der Waals surface area (Å²) in [6, 6.07) is 10.9. The van der Waals surface area contributed by atoms with Gasteiger partial charge >= 0.3 is 0 Å². The molecule has 1 aliphatic rings. The maximum Gasteiger partial charge on any atom is 0.280 e. The molecule has 0 N–H and O–H groups in total. The number of aromatic nitrogens is 1. The minimum atomic E-state index is -0.879. The van der Waals surface area contributed by atoms with Gasteiger partial charge in [-0.25, -0.2) is 0 Å². The smallest absolute Gasteiger partial charge is 0.280 e. The summed E-state index contributed by atoms with van der Waals surface area (Å²) in [5.41, 5.74) is -1.39. The van der Waals surface area contributed by atoms with E-state index in [2.05, 4.69) is 0 Å². The van der Waals surface area contributed by atoms with Crippen LogP contribution >= 0.6 is 22.9 Å². The van der Waals surface area contributed by atoms with Crippen molar-refractivity contribution < 1.29 is 19.2 Å². The van der Waals surface area contributed by atoms with E-state index >= 15 is 0 Å². The second-order valence-corrected chi connectivity index (χ2v) is 10.1. The molecule has 35 heavy (non-hydrogen) atoms. The highest BCUT2D eigenvalue weighted by atomic mass is 35.5. The molecule has 0 amide bonds. The quantitative estimate of drug-likeness (QED) is 0.388. The normalized spacial score (nSPS) is 14.0. The van der Waals surface area contributed by atoms with Crippen LogP contribution in [0.2, 0.25) is 5.02 Å². The fourth-order valence-electron chi connectivity index (χ4n) is 3.41. The Morgan fingerprint density at radius 1 is 1.23 bits per heavy atom. The lowest BCUT2D eigenvalue weighted by atomic mass is 9.87. The number of ketones is 1. The van der Waals surface area contributed by atoms with Crippen molar-refractivity contribution in [1.82, 2.24) is 4.57 Å². The molecule has 0 spiro atoms. The molecular formula is C24H18ClN3O6S. The summed E-state index contributed by atoms with van der Waals surface area (Å²) in [6.45, 7) is 4.95. The van der Waals surface area contributed by atoms with E-state index < -0.39 is 21.7 Å². The molecule has 0 unspecified atom stereocenters. The second-order valence-electron chi connectivity index (χ2n) is 8.62. The molecule has 3 aromatic rings. The summed E-state index contributed by atoms with van der Waals surface area (Å²) in [6.07, 6.45) is 1.35. The van der Waals surface area contributed by atoms with E-state index in [1.165, 1.54) is 22.8 Å². The third-order valence-corrected chi connectivity index (χ3v) is 6.49. The molecule has 1 aromatic heterocycles. The van der Waals surface area contributed by atoms with Crippen molar-refractivity contribution in [2.24, 2.45) is 5.41 Å². The first-order valence-corrected chi connectivity index (χ1v) is 11.5. The van der Waals surface area contributed by atoms with Gasteiger partial charge in [0.2, 0.25) is 6.79 Å². The maximum absolute atomic E-state index is 13.5. The Morgan fingerprint density at radius 3 is 2.43 bits per heavy atom. The summed E-state index contributed by atoms with van der Waals surface area (Å²) in [4.78, 5) is 37.7. The maximum atomic E-state index is 13.5. The molecule has 9 nitrogen and oxygen atoms in total. The lowest BCUT2D eigenvalue weighted by Crippen LogP contribution is -2.33. The predicted molar refractivity (Wildman–Crippen MR) is 130 cm³/mol. The van der Waals surface area contributed by atoms with E-state index in [0.717, 1.165) is 11.3 Å². The van der Waals surface area contributed by atoms with Crippen LogP contribution in [-0.2, 0) is 4.79 Å². The van der Waals surface area contributed by atoms with Gasteiger partial charge in [0.1, 0.15) is 16.3 Å². The van der Waals surface area contributed by atoms with Gasteiger partial charge in [-0.1, -0.05) is 32.4 Å². The van der Waals surface area contributed by atoms with E-state index in [1.54, 1.807) is 45.0 Å². The number of rotatable bonds is 4. The number of halogens is 1. The number of nitrogens with zero attached hydrogens (tertiary/aromatic N) is 3. The second kappa shape index (κ2) is 9.02.